The highest BCUT2D eigenvalue weighted by molar-refractivity contribution is 7.90. The molecule has 0 bridgehead atoms. The summed E-state index contributed by atoms with van der Waals surface area (Å²) in [5, 5.41) is 12.1. The number of nitrogens with one attached hydrogen (secondary N) is 1. The second-order valence-corrected chi connectivity index (χ2v) is 8.96. The van der Waals surface area contributed by atoms with Crippen molar-refractivity contribution < 1.29 is 22.0 Å². The van der Waals surface area contributed by atoms with E-state index in [1.807, 2.05) is 6.07 Å². The van der Waals surface area contributed by atoms with Crippen molar-refractivity contribution in [3.05, 3.63) is 70.4 Å². The van der Waals surface area contributed by atoms with Crippen molar-refractivity contribution >= 4 is 21.3 Å². The van der Waals surface area contributed by atoms with Gasteiger partial charge in [0.05, 0.1) is 22.6 Å². The Balaban J connectivity index is 2.05. The average Bonchev–Trinajstić information content (AvgIpc) is 3.06. The van der Waals surface area contributed by atoms with E-state index in [-0.39, 0.29) is 39.4 Å². The first-order valence-corrected chi connectivity index (χ1v) is 10.9. The number of carbonyl (C=O) groups is 1. The number of allylic oxidation sites excluding steroid dienone is 1. The molecule has 0 spiro atoms. The first-order chi connectivity index (χ1) is 14.1. The Morgan fingerprint density at radius 2 is 1.90 bits per heavy atom. The number of halogens is 2. The molecule has 0 saturated carbocycles. The zero-order chi connectivity index (χ0) is 22.1. The molecule has 3 rings (SSSR count). The van der Waals surface area contributed by atoms with E-state index in [9.17, 15) is 22.0 Å². The lowest BCUT2D eigenvalue weighted by molar-refractivity contribution is -0.115. The molecule has 9 heteroatoms. The predicted octanol–water partition coefficient (Wildman–Crippen LogP) is 3.63. The molecule has 0 saturated heterocycles. The Morgan fingerprint density at radius 1 is 1.17 bits per heavy atom. The number of sulfone groups is 1. The number of alkyl halides is 2. The normalized spacial score (nSPS) is 15.4. The fraction of sp³-hybridized carbons (Fsp3) is 0.238. The second-order valence-electron chi connectivity index (χ2n) is 6.98. The maximum absolute atomic E-state index is 13.0. The highest BCUT2D eigenvalue weighted by atomic mass is 32.2. The van der Waals surface area contributed by atoms with Gasteiger partial charge in [-0.15, -0.1) is 0 Å². The number of carbonyl (C=O) groups excluding carboxylic acids is 1. The highest BCUT2D eigenvalue weighted by Gasteiger charge is 2.31. The Labute approximate surface area is 172 Å². The lowest BCUT2D eigenvalue weighted by Crippen LogP contribution is -2.21. The van der Waals surface area contributed by atoms with Crippen LogP contribution in [-0.4, -0.2) is 20.5 Å². The largest absolute Gasteiger partial charge is 0.358 e. The quantitative estimate of drug-likeness (QED) is 0.722. The van der Waals surface area contributed by atoms with Crippen molar-refractivity contribution in [2.75, 3.05) is 11.6 Å². The van der Waals surface area contributed by atoms with Gasteiger partial charge in [-0.25, -0.2) is 17.2 Å². The van der Waals surface area contributed by atoms with E-state index in [2.05, 4.69) is 5.32 Å². The Hall–Kier alpha value is -3.09. The minimum Gasteiger partial charge on any atom is -0.358 e. The van der Waals surface area contributed by atoms with Crippen LogP contribution in [0.25, 0.3) is 0 Å². The zero-order valence-corrected chi connectivity index (χ0v) is 16.8. The molecular weight excluding hydrogens is 412 g/mol. The third-order valence-corrected chi connectivity index (χ3v) is 6.00. The maximum atomic E-state index is 13.0. The Bertz CT molecular complexity index is 1180. The molecule has 30 heavy (non-hydrogen) atoms. The van der Waals surface area contributed by atoms with Gasteiger partial charge >= 0.3 is 0 Å². The van der Waals surface area contributed by atoms with Crippen LogP contribution in [0, 0.1) is 11.3 Å². The van der Waals surface area contributed by atoms with E-state index >= 15 is 0 Å². The van der Waals surface area contributed by atoms with Crippen LogP contribution in [-0.2, 0) is 14.6 Å². The molecule has 2 aromatic carbocycles. The summed E-state index contributed by atoms with van der Waals surface area (Å²) in [6, 6.07) is 10.6. The van der Waals surface area contributed by atoms with Gasteiger partial charge < -0.3 is 11.1 Å². The van der Waals surface area contributed by atoms with E-state index in [1.165, 1.54) is 36.4 Å². The molecule has 1 unspecified atom stereocenters. The van der Waals surface area contributed by atoms with E-state index < -0.39 is 22.3 Å². The molecule has 1 atom stereocenters. The van der Waals surface area contributed by atoms with Gasteiger partial charge in [-0.1, -0.05) is 18.2 Å². The maximum Gasteiger partial charge on any atom is 0.263 e. The highest BCUT2D eigenvalue weighted by Crippen LogP contribution is 2.35. The van der Waals surface area contributed by atoms with Gasteiger partial charge in [0.15, 0.2) is 15.6 Å². The lowest BCUT2D eigenvalue weighted by atomic mass is 9.96. The summed E-state index contributed by atoms with van der Waals surface area (Å²) < 4.78 is 50.4. The van der Waals surface area contributed by atoms with Crippen LogP contribution in [0.1, 0.15) is 42.0 Å². The molecule has 0 aromatic heterocycles. The summed E-state index contributed by atoms with van der Waals surface area (Å²) in [7, 11) is -3.72. The van der Waals surface area contributed by atoms with E-state index in [0.29, 0.717) is 17.8 Å². The Kier molecular flexibility index (Phi) is 6.01. The third kappa shape index (κ3) is 4.40. The molecule has 2 aromatic rings. The SMILES string of the molecule is CS(=O)(=O)c1cc(C#N)ccc1C(N)C1=C(Nc2cccc(C(F)F)c2)CCC1=O. The van der Waals surface area contributed by atoms with Gasteiger partial charge in [0.2, 0.25) is 0 Å². The number of nitriles is 1. The molecule has 0 heterocycles. The van der Waals surface area contributed by atoms with E-state index in [4.69, 9.17) is 11.0 Å². The first kappa shape index (κ1) is 21.6. The number of anilines is 1. The summed E-state index contributed by atoms with van der Waals surface area (Å²) in [5.41, 5.74) is 7.54. The average molecular weight is 431 g/mol. The molecular formula is C21H19F2N3O3S. The number of Topliss-reactive ketones (excluding diaryl/α,β-unsaturated/α-hetero) is 1. The molecule has 0 aliphatic heterocycles. The minimum absolute atomic E-state index is 0.125. The van der Waals surface area contributed by atoms with Gasteiger partial charge in [-0.05, 0) is 36.2 Å². The molecule has 1 aliphatic rings. The van der Waals surface area contributed by atoms with Crippen molar-refractivity contribution in [1.29, 1.82) is 5.26 Å². The van der Waals surface area contributed by atoms with Crippen molar-refractivity contribution in [1.82, 2.24) is 0 Å². The first-order valence-electron chi connectivity index (χ1n) is 9.03. The molecule has 0 fully saturated rings. The molecule has 0 radical (unpaired) electrons. The van der Waals surface area contributed by atoms with Gasteiger partial charge in [-0.3, -0.25) is 4.79 Å². The summed E-state index contributed by atoms with van der Waals surface area (Å²) >= 11 is 0. The third-order valence-electron chi connectivity index (χ3n) is 4.85. The van der Waals surface area contributed by atoms with Crippen molar-refractivity contribution in [2.24, 2.45) is 5.73 Å². The molecule has 156 valence electrons. The second kappa shape index (κ2) is 8.34. The minimum atomic E-state index is -3.72. The van der Waals surface area contributed by atoms with Crippen LogP contribution in [0.2, 0.25) is 0 Å². The van der Waals surface area contributed by atoms with Crippen LogP contribution in [0.4, 0.5) is 14.5 Å². The summed E-state index contributed by atoms with van der Waals surface area (Å²) in [6.45, 7) is 0. The lowest BCUT2D eigenvalue weighted by Gasteiger charge is -2.19. The Morgan fingerprint density at radius 3 is 2.53 bits per heavy atom. The van der Waals surface area contributed by atoms with Crippen LogP contribution in [0.3, 0.4) is 0 Å². The van der Waals surface area contributed by atoms with Crippen LogP contribution in [0.15, 0.2) is 58.6 Å². The number of nitrogens with two attached hydrogens (primary N) is 1. The number of nitrogens with zero attached hydrogens (tertiary/aromatic N) is 1. The van der Waals surface area contributed by atoms with Gasteiger partial charge in [0.1, 0.15) is 0 Å². The topological polar surface area (TPSA) is 113 Å². The van der Waals surface area contributed by atoms with Crippen LogP contribution in [0.5, 0.6) is 0 Å². The standard InChI is InChI=1S/C21H19F2N3O3S/c1-30(28,29)18-9-12(11-24)5-6-15(18)20(25)19-16(7-8-17(19)27)26-14-4-2-3-13(10-14)21(22)23/h2-6,9-10,20-21,26H,7-8,25H2,1H3. The molecule has 0 amide bonds. The van der Waals surface area contributed by atoms with Crippen molar-refractivity contribution in [3.63, 3.8) is 0 Å². The number of benzene rings is 2. The fourth-order valence-electron chi connectivity index (χ4n) is 3.43. The number of hydrogen-bond acceptors (Lipinski definition) is 6. The van der Waals surface area contributed by atoms with Crippen molar-refractivity contribution in [3.8, 4) is 6.07 Å². The van der Waals surface area contributed by atoms with Crippen molar-refractivity contribution in [2.45, 2.75) is 30.2 Å². The molecule has 3 N–H and O–H groups in total. The predicted molar refractivity (Wildman–Crippen MR) is 107 cm³/mol. The summed E-state index contributed by atoms with van der Waals surface area (Å²) in [6.07, 6.45) is -1.14. The molecule has 1 aliphatic carbocycles. The number of ketones is 1. The smallest absolute Gasteiger partial charge is 0.263 e. The van der Waals surface area contributed by atoms with Gasteiger partial charge in [0.25, 0.3) is 6.43 Å². The number of rotatable bonds is 6. The van der Waals surface area contributed by atoms with Gasteiger partial charge in [-0.2, -0.15) is 5.26 Å². The summed E-state index contributed by atoms with van der Waals surface area (Å²) in [4.78, 5) is 12.4. The van der Waals surface area contributed by atoms with E-state index in [0.717, 1.165) is 6.26 Å². The van der Waals surface area contributed by atoms with Crippen LogP contribution >= 0.6 is 0 Å². The molecule has 6 nitrogen and oxygen atoms in total. The zero-order valence-electron chi connectivity index (χ0n) is 16.0. The fourth-order valence-corrected chi connectivity index (χ4v) is 4.40. The van der Waals surface area contributed by atoms with E-state index in [1.54, 1.807) is 6.07 Å². The number of hydrogen-bond donors (Lipinski definition) is 2. The van der Waals surface area contributed by atoms with Gasteiger partial charge in [0, 0.05) is 35.2 Å². The summed E-state index contributed by atoms with van der Waals surface area (Å²) in [5.74, 6) is -0.251. The van der Waals surface area contributed by atoms with Crippen LogP contribution < -0.4 is 11.1 Å². The monoisotopic (exact) mass is 431 g/mol.